The first-order chi connectivity index (χ1) is 9.99. The van der Waals surface area contributed by atoms with Gasteiger partial charge in [0.25, 0.3) is 10.1 Å². The molecule has 0 saturated carbocycles. The van der Waals surface area contributed by atoms with E-state index < -0.39 is 10.1 Å². The molecule has 4 heteroatoms. The summed E-state index contributed by atoms with van der Waals surface area (Å²) in [5.74, 6) is 0. The summed E-state index contributed by atoms with van der Waals surface area (Å²) in [6.07, 6.45) is 7.19. The molecule has 0 heterocycles. The van der Waals surface area contributed by atoms with Crippen molar-refractivity contribution in [1.82, 2.24) is 0 Å². The van der Waals surface area contributed by atoms with Crippen LogP contribution in [-0.2, 0) is 14.3 Å². The molecule has 0 saturated heterocycles. The lowest BCUT2D eigenvalue weighted by molar-refractivity contribution is 0.190. The minimum Gasteiger partial charge on any atom is -0.263 e. The van der Waals surface area contributed by atoms with Gasteiger partial charge in [-0.05, 0) is 31.9 Å². The molecule has 1 atom stereocenters. The molecule has 0 radical (unpaired) electrons. The van der Waals surface area contributed by atoms with E-state index in [0.717, 1.165) is 31.2 Å². The van der Waals surface area contributed by atoms with Crippen LogP contribution in [0.5, 0.6) is 0 Å². The van der Waals surface area contributed by atoms with Crippen LogP contribution in [0.15, 0.2) is 29.2 Å². The summed E-state index contributed by atoms with van der Waals surface area (Å²) in [6.45, 7) is 6.09. The highest BCUT2D eigenvalue weighted by Crippen LogP contribution is 2.19. The van der Waals surface area contributed by atoms with Crippen LogP contribution < -0.4 is 0 Å². The Balaban J connectivity index is 2.53. The van der Waals surface area contributed by atoms with Crippen molar-refractivity contribution in [2.24, 2.45) is 0 Å². The van der Waals surface area contributed by atoms with Crippen molar-refractivity contribution >= 4 is 10.1 Å². The van der Waals surface area contributed by atoms with Gasteiger partial charge in [-0.15, -0.1) is 0 Å². The molecular formula is C17H28O3S. The van der Waals surface area contributed by atoms with Crippen molar-refractivity contribution in [2.75, 3.05) is 0 Å². The second kappa shape index (κ2) is 9.21. The molecule has 21 heavy (non-hydrogen) atoms. The summed E-state index contributed by atoms with van der Waals surface area (Å²) >= 11 is 0. The van der Waals surface area contributed by atoms with Crippen LogP contribution in [0.1, 0.15) is 64.4 Å². The highest BCUT2D eigenvalue weighted by Gasteiger charge is 2.20. The largest absolute Gasteiger partial charge is 0.297 e. The molecule has 1 unspecified atom stereocenters. The van der Waals surface area contributed by atoms with Crippen LogP contribution in [0.25, 0.3) is 0 Å². The zero-order valence-corrected chi connectivity index (χ0v) is 14.3. The maximum Gasteiger partial charge on any atom is 0.297 e. The van der Waals surface area contributed by atoms with E-state index in [0.29, 0.717) is 0 Å². The van der Waals surface area contributed by atoms with Gasteiger partial charge in [-0.1, -0.05) is 63.6 Å². The maximum atomic E-state index is 12.2. The molecule has 0 amide bonds. The second-order valence-electron chi connectivity index (χ2n) is 5.60. The standard InChI is InChI=1S/C17H28O3S/c1-4-6-7-8-9-10-16(5-2)20-21(18,19)17-13-11-15(3)12-14-17/h11-14,16H,4-10H2,1-3H3. The fourth-order valence-corrected chi connectivity index (χ4v) is 3.41. The number of benzene rings is 1. The monoisotopic (exact) mass is 312 g/mol. The molecule has 1 aromatic rings. The van der Waals surface area contributed by atoms with Crippen molar-refractivity contribution in [3.8, 4) is 0 Å². The van der Waals surface area contributed by atoms with E-state index in [2.05, 4.69) is 6.92 Å². The zero-order valence-electron chi connectivity index (χ0n) is 13.5. The number of hydrogen-bond donors (Lipinski definition) is 0. The summed E-state index contributed by atoms with van der Waals surface area (Å²) < 4.78 is 29.8. The van der Waals surface area contributed by atoms with Crippen LogP contribution in [0.2, 0.25) is 0 Å². The van der Waals surface area contributed by atoms with E-state index >= 15 is 0 Å². The summed E-state index contributed by atoms with van der Waals surface area (Å²) in [5.41, 5.74) is 1.04. The van der Waals surface area contributed by atoms with Gasteiger partial charge >= 0.3 is 0 Å². The van der Waals surface area contributed by atoms with Gasteiger partial charge in [0.15, 0.2) is 0 Å². The van der Waals surface area contributed by atoms with Crippen molar-refractivity contribution in [2.45, 2.75) is 76.7 Å². The zero-order chi connectivity index (χ0) is 15.7. The minimum absolute atomic E-state index is 0.210. The number of rotatable bonds is 10. The lowest BCUT2D eigenvalue weighted by Crippen LogP contribution is -2.18. The van der Waals surface area contributed by atoms with Crippen molar-refractivity contribution in [1.29, 1.82) is 0 Å². The van der Waals surface area contributed by atoms with Gasteiger partial charge in [0, 0.05) is 0 Å². The summed E-state index contributed by atoms with van der Waals surface area (Å²) in [5, 5.41) is 0. The Morgan fingerprint density at radius 2 is 1.62 bits per heavy atom. The van der Waals surface area contributed by atoms with Crippen LogP contribution >= 0.6 is 0 Å². The van der Waals surface area contributed by atoms with Gasteiger partial charge in [0.05, 0.1) is 11.0 Å². The van der Waals surface area contributed by atoms with Gasteiger partial charge in [-0.3, -0.25) is 4.18 Å². The molecule has 3 nitrogen and oxygen atoms in total. The smallest absolute Gasteiger partial charge is 0.263 e. The third-order valence-electron chi connectivity index (χ3n) is 3.66. The van der Waals surface area contributed by atoms with E-state index in [4.69, 9.17) is 4.18 Å². The molecular weight excluding hydrogens is 284 g/mol. The van der Waals surface area contributed by atoms with Crippen molar-refractivity contribution in [3.63, 3.8) is 0 Å². The first-order valence-electron chi connectivity index (χ1n) is 7.99. The van der Waals surface area contributed by atoms with E-state index in [1.54, 1.807) is 24.3 Å². The van der Waals surface area contributed by atoms with Gasteiger partial charge in [-0.25, -0.2) is 0 Å². The molecule has 0 aliphatic carbocycles. The van der Waals surface area contributed by atoms with Crippen LogP contribution in [0, 0.1) is 6.92 Å². The molecule has 0 aromatic heterocycles. The van der Waals surface area contributed by atoms with E-state index in [9.17, 15) is 8.42 Å². The van der Waals surface area contributed by atoms with Gasteiger partial charge in [0.2, 0.25) is 0 Å². The average molecular weight is 312 g/mol. The SMILES string of the molecule is CCCCCCCC(CC)OS(=O)(=O)c1ccc(C)cc1. The van der Waals surface area contributed by atoms with Crippen molar-refractivity contribution < 1.29 is 12.6 Å². The molecule has 0 aliphatic heterocycles. The average Bonchev–Trinajstić information content (AvgIpc) is 2.46. The number of hydrogen-bond acceptors (Lipinski definition) is 3. The molecule has 0 bridgehead atoms. The molecule has 0 N–H and O–H groups in total. The predicted octanol–water partition coefficient (Wildman–Crippen LogP) is 4.84. The summed E-state index contributed by atoms with van der Waals surface area (Å²) in [6, 6.07) is 6.81. The fraction of sp³-hybridized carbons (Fsp3) is 0.647. The highest BCUT2D eigenvalue weighted by molar-refractivity contribution is 7.86. The Bertz CT molecular complexity index is 491. The topological polar surface area (TPSA) is 43.4 Å². The fourth-order valence-electron chi connectivity index (χ4n) is 2.24. The van der Waals surface area contributed by atoms with E-state index in [1.165, 1.54) is 19.3 Å². The maximum absolute atomic E-state index is 12.2. The Morgan fingerprint density at radius 1 is 1.00 bits per heavy atom. The Morgan fingerprint density at radius 3 is 2.19 bits per heavy atom. The van der Waals surface area contributed by atoms with E-state index in [1.807, 2.05) is 13.8 Å². The van der Waals surface area contributed by atoms with Crippen LogP contribution in [0.4, 0.5) is 0 Å². The molecule has 1 rings (SSSR count). The Kier molecular flexibility index (Phi) is 7.97. The first kappa shape index (κ1) is 18.2. The summed E-state index contributed by atoms with van der Waals surface area (Å²) in [4.78, 5) is 0.248. The molecule has 0 aliphatic rings. The quantitative estimate of drug-likeness (QED) is 0.458. The third-order valence-corrected chi connectivity index (χ3v) is 5.03. The molecule has 1 aromatic carbocycles. The summed E-state index contributed by atoms with van der Waals surface area (Å²) in [7, 11) is -3.64. The number of aryl methyl sites for hydroxylation is 1. The number of unbranched alkanes of at least 4 members (excludes halogenated alkanes) is 4. The van der Waals surface area contributed by atoms with Crippen molar-refractivity contribution in [3.05, 3.63) is 29.8 Å². The molecule has 120 valence electrons. The minimum atomic E-state index is -3.64. The lowest BCUT2D eigenvalue weighted by atomic mass is 10.1. The Labute approximate surface area is 129 Å². The normalized spacial score (nSPS) is 13.3. The van der Waals surface area contributed by atoms with Gasteiger partial charge in [0.1, 0.15) is 0 Å². The lowest BCUT2D eigenvalue weighted by Gasteiger charge is -2.16. The third kappa shape index (κ3) is 6.62. The molecule has 0 spiro atoms. The van der Waals surface area contributed by atoms with Crippen LogP contribution in [0.3, 0.4) is 0 Å². The Hall–Kier alpha value is -0.870. The van der Waals surface area contributed by atoms with E-state index in [-0.39, 0.29) is 11.0 Å². The van der Waals surface area contributed by atoms with Gasteiger partial charge < -0.3 is 0 Å². The highest BCUT2D eigenvalue weighted by atomic mass is 32.2. The predicted molar refractivity (Wildman–Crippen MR) is 86.9 cm³/mol. The van der Waals surface area contributed by atoms with Crippen LogP contribution in [-0.4, -0.2) is 14.5 Å². The first-order valence-corrected chi connectivity index (χ1v) is 9.40. The van der Waals surface area contributed by atoms with Gasteiger partial charge in [-0.2, -0.15) is 8.42 Å². The second-order valence-corrected chi connectivity index (χ2v) is 7.17. The molecule has 0 fully saturated rings.